The van der Waals surface area contributed by atoms with Gasteiger partial charge in [-0.05, 0) is 63.1 Å². The van der Waals surface area contributed by atoms with Crippen molar-refractivity contribution in [2.45, 2.75) is 42.4 Å². The number of nitrogens with zero attached hydrogens (tertiary/aromatic N) is 3. The lowest BCUT2D eigenvalue weighted by atomic mass is 10.1. The number of sulfone groups is 1. The molecular weight excluding hydrogens is 428 g/mol. The highest BCUT2D eigenvalue weighted by molar-refractivity contribution is 7.92. The van der Waals surface area contributed by atoms with Gasteiger partial charge in [0.15, 0.2) is 15.7 Å². The number of nitrogens with two attached hydrogens (primary N) is 1. The van der Waals surface area contributed by atoms with Crippen molar-refractivity contribution in [2.75, 3.05) is 11.1 Å². The number of pyridine rings is 1. The van der Waals surface area contributed by atoms with E-state index in [0.29, 0.717) is 35.6 Å². The molecule has 32 heavy (non-hydrogen) atoms. The van der Waals surface area contributed by atoms with Crippen molar-refractivity contribution in [1.82, 2.24) is 20.3 Å². The van der Waals surface area contributed by atoms with E-state index in [2.05, 4.69) is 25.6 Å². The fourth-order valence-corrected chi connectivity index (χ4v) is 5.43. The first kappa shape index (κ1) is 21.7. The maximum Gasteiger partial charge on any atom is 0.319 e. The molecule has 0 radical (unpaired) electrons. The molecule has 1 aliphatic carbocycles. The predicted octanol–water partition coefficient (Wildman–Crippen LogP) is 3.11. The Morgan fingerprint density at radius 2 is 1.72 bits per heavy atom. The van der Waals surface area contributed by atoms with E-state index >= 15 is 0 Å². The van der Waals surface area contributed by atoms with Crippen LogP contribution >= 0.6 is 0 Å². The summed E-state index contributed by atoms with van der Waals surface area (Å²) in [7, 11) is -3.67. The molecule has 1 saturated carbocycles. The van der Waals surface area contributed by atoms with Crippen LogP contribution in [-0.2, 0) is 14.6 Å². The molecule has 0 aliphatic heterocycles. The Labute approximate surface area is 186 Å². The zero-order valence-electron chi connectivity index (χ0n) is 17.7. The van der Waals surface area contributed by atoms with Crippen LogP contribution in [0.15, 0.2) is 59.8 Å². The summed E-state index contributed by atoms with van der Waals surface area (Å²) in [6.45, 7) is 3.75. The Bertz CT molecular complexity index is 1240. The van der Waals surface area contributed by atoms with Crippen molar-refractivity contribution in [2.24, 2.45) is 0 Å². The van der Waals surface area contributed by atoms with Gasteiger partial charge in [-0.1, -0.05) is 0 Å². The average Bonchev–Trinajstić information content (AvgIpc) is 3.57. The number of hydrogen-bond acceptors (Lipinski definition) is 7. The minimum Gasteiger partial charge on any atom is -0.384 e. The summed E-state index contributed by atoms with van der Waals surface area (Å²) in [5.41, 5.74) is 7.67. The van der Waals surface area contributed by atoms with Crippen LogP contribution in [-0.4, -0.2) is 35.4 Å². The monoisotopic (exact) mass is 452 g/mol. The second kappa shape index (κ2) is 8.19. The molecule has 0 unspecified atom stereocenters. The van der Waals surface area contributed by atoms with Gasteiger partial charge >= 0.3 is 6.03 Å². The first-order valence-corrected chi connectivity index (χ1v) is 11.7. The number of rotatable bonds is 6. The Balaban J connectivity index is 1.63. The maximum atomic E-state index is 13.3. The zero-order valence-corrected chi connectivity index (χ0v) is 18.6. The lowest BCUT2D eigenvalue weighted by molar-refractivity contribution is 0.250. The minimum absolute atomic E-state index is 0.0200. The first-order chi connectivity index (χ1) is 15.2. The predicted molar refractivity (Wildman–Crippen MR) is 122 cm³/mol. The van der Waals surface area contributed by atoms with Gasteiger partial charge in [-0.15, -0.1) is 0 Å². The van der Waals surface area contributed by atoms with Crippen LogP contribution in [0.25, 0.3) is 11.4 Å². The fraction of sp³-hybridized carbons (Fsp3) is 0.273. The standard InChI is InChI=1S/C22H24N6O3S/c1-14(2)25-21(29)26-16-5-3-15(4-6-16)20-27-18(13-19(23)28-20)22(9-10-22)32(30,31)17-7-11-24-12-8-17/h3-8,11-14H,9-10H2,1-2H3,(H2,23,27,28)(H2,25,26,29). The molecule has 0 spiro atoms. The second-order valence-corrected chi connectivity index (χ2v) is 10.3. The van der Waals surface area contributed by atoms with Gasteiger partial charge in [0.05, 0.1) is 10.6 Å². The molecule has 4 rings (SSSR count). The van der Waals surface area contributed by atoms with Crippen molar-refractivity contribution >= 4 is 27.4 Å². The van der Waals surface area contributed by atoms with Crippen LogP contribution in [0.4, 0.5) is 16.3 Å². The van der Waals surface area contributed by atoms with E-state index in [1.807, 2.05) is 13.8 Å². The van der Waals surface area contributed by atoms with E-state index in [9.17, 15) is 13.2 Å². The highest BCUT2D eigenvalue weighted by Gasteiger charge is 2.57. The number of amides is 2. The van der Waals surface area contributed by atoms with Crippen molar-refractivity contribution in [3.05, 3.63) is 60.6 Å². The zero-order chi connectivity index (χ0) is 22.9. The summed E-state index contributed by atoms with van der Waals surface area (Å²) in [4.78, 5) is 24.8. The van der Waals surface area contributed by atoms with Crippen molar-refractivity contribution in [1.29, 1.82) is 0 Å². The number of urea groups is 1. The number of aromatic nitrogens is 3. The number of anilines is 2. The summed E-state index contributed by atoms with van der Waals surface area (Å²) in [6, 6.07) is 11.2. The van der Waals surface area contributed by atoms with Crippen LogP contribution in [0.2, 0.25) is 0 Å². The third-order valence-corrected chi connectivity index (χ3v) is 7.75. The Kier molecular flexibility index (Phi) is 5.55. The van der Waals surface area contributed by atoms with Crippen LogP contribution in [0.3, 0.4) is 0 Å². The number of hydrogen-bond donors (Lipinski definition) is 3. The van der Waals surface area contributed by atoms with Crippen LogP contribution in [0.1, 0.15) is 32.4 Å². The number of nitrogen functional groups attached to an aromatic ring is 1. The smallest absolute Gasteiger partial charge is 0.319 e. The summed E-state index contributed by atoms with van der Waals surface area (Å²) >= 11 is 0. The third kappa shape index (κ3) is 4.13. The van der Waals surface area contributed by atoms with E-state index < -0.39 is 14.6 Å². The molecule has 1 aromatic carbocycles. The molecule has 2 aromatic heterocycles. The molecule has 166 valence electrons. The molecule has 10 heteroatoms. The Morgan fingerprint density at radius 1 is 1.06 bits per heavy atom. The molecule has 2 heterocycles. The highest BCUT2D eigenvalue weighted by Crippen LogP contribution is 2.54. The number of carbonyl (C=O) groups excluding carboxylic acids is 1. The Hall–Kier alpha value is -3.53. The van der Waals surface area contributed by atoms with Gasteiger partial charge in [0, 0.05) is 35.8 Å². The van der Waals surface area contributed by atoms with Crippen molar-refractivity contribution in [3.8, 4) is 11.4 Å². The molecule has 2 amide bonds. The van der Waals surface area contributed by atoms with Gasteiger partial charge in [-0.2, -0.15) is 0 Å². The average molecular weight is 453 g/mol. The largest absolute Gasteiger partial charge is 0.384 e. The normalized spacial score (nSPS) is 14.7. The highest BCUT2D eigenvalue weighted by atomic mass is 32.2. The molecular formula is C22H24N6O3S. The van der Waals surface area contributed by atoms with E-state index in [1.165, 1.54) is 30.6 Å². The molecule has 4 N–H and O–H groups in total. The van der Waals surface area contributed by atoms with Gasteiger partial charge in [-0.3, -0.25) is 4.98 Å². The summed E-state index contributed by atoms with van der Waals surface area (Å²) in [6.07, 6.45) is 3.84. The van der Waals surface area contributed by atoms with Crippen LogP contribution < -0.4 is 16.4 Å². The fourth-order valence-electron chi connectivity index (χ4n) is 3.48. The van der Waals surface area contributed by atoms with Gasteiger partial charge in [-0.25, -0.2) is 23.2 Å². The van der Waals surface area contributed by atoms with E-state index in [4.69, 9.17) is 5.73 Å². The van der Waals surface area contributed by atoms with E-state index in [0.717, 1.165) is 0 Å². The second-order valence-electron chi connectivity index (χ2n) is 8.01. The maximum absolute atomic E-state index is 13.3. The van der Waals surface area contributed by atoms with Crippen molar-refractivity contribution < 1.29 is 13.2 Å². The lowest BCUT2D eigenvalue weighted by Crippen LogP contribution is -2.34. The number of nitrogens with one attached hydrogen (secondary N) is 2. The molecule has 0 atom stereocenters. The van der Waals surface area contributed by atoms with Gasteiger partial charge < -0.3 is 16.4 Å². The summed E-state index contributed by atoms with van der Waals surface area (Å²) in [5.74, 6) is 0.522. The molecule has 3 aromatic rings. The molecule has 0 bridgehead atoms. The number of carbonyl (C=O) groups is 1. The van der Waals surface area contributed by atoms with Crippen molar-refractivity contribution in [3.63, 3.8) is 0 Å². The number of benzene rings is 1. The van der Waals surface area contributed by atoms with E-state index in [1.54, 1.807) is 24.3 Å². The van der Waals surface area contributed by atoms with Gasteiger partial charge in [0.2, 0.25) is 0 Å². The quantitative estimate of drug-likeness (QED) is 0.522. The minimum atomic E-state index is -3.67. The molecule has 9 nitrogen and oxygen atoms in total. The van der Waals surface area contributed by atoms with Crippen LogP contribution in [0.5, 0.6) is 0 Å². The lowest BCUT2D eigenvalue weighted by Gasteiger charge is -2.17. The molecule has 1 aliphatic rings. The topological polar surface area (TPSA) is 140 Å². The Morgan fingerprint density at radius 3 is 2.31 bits per heavy atom. The van der Waals surface area contributed by atoms with Crippen LogP contribution in [0, 0.1) is 0 Å². The molecule has 0 saturated heterocycles. The van der Waals surface area contributed by atoms with Gasteiger partial charge in [0.1, 0.15) is 10.6 Å². The van der Waals surface area contributed by atoms with Gasteiger partial charge in [0.25, 0.3) is 0 Å². The third-order valence-electron chi connectivity index (χ3n) is 5.21. The SMILES string of the molecule is CC(C)NC(=O)Nc1ccc(-c2nc(N)cc(C3(S(=O)(=O)c4ccncc4)CC3)n2)cc1. The summed E-state index contributed by atoms with van der Waals surface area (Å²) < 4.78 is 25.5. The first-order valence-electron chi connectivity index (χ1n) is 10.2. The summed E-state index contributed by atoms with van der Waals surface area (Å²) in [5, 5.41) is 5.50. The molecule has 1 fully saturated rings. The van der Waals surface area contributed by atoms with E-state index in [-0.39, 0.29) is 22.8 Å².